The molecule has 1 fully saturated rings. The van der Waals surface area contributed by atoms with Gasteiger partial charge in [0.1, 0.15) is 5.75 Å². The molecule has 0 aromatic heterocycles. The molecule has 54 valence electrons. The van der Waals surface area contributed by atoms with Gasteiger partial charge < -0.3 is 4.55 Å². The van der Waals surface area contributed by atoms with Crippen LogP contribution in [0.4, 0.5) is 0 Å². The maximum atomic E-state index is 10.9. The fourth-order valence-corrected chi connectivity index (χ4v) is 3.57. The van der Waals surface area contributed by atoms with Gasteiger partial charge in [0.15, 0.2) is 0 Å². The van der Waals surface area contributed by atoms with Crippen LogP contribution in [0.1, 0.15) is 25.7 Å². The van der Waals surface area contributed by atoms with Crippen molar-refractivity contribution in [3.05, 3.63) is 0 Å². The minimum atomic E-state index is -0.552. The second kappa shape index (κ2) is 4.47. The van der Waals surface area contributed by atoms with Gasteiger partial charge in [-0.25, -0.2) is 0 Å². The zero-order chi connectivity index (χ0) is 6.53. The predicted octanol–water partition coefficient (Wildman–Crippen LogP) is 1.96. The van der Waals surface area contributed by atoms with Crippen molar-refractivity contribution in [1.29, 1.82) is 0 Å². The largest absolute Gasteiger partial charge is 0.605 e. The minimum Gasteiger partial charge on any atom is -0.605 e. The van der Waals surface area contributed by atoms with Gasteiger partial charge in [0, 0.05) is 16.0 Å². The Bertz CT molecular complexity index is 69.5. The second-order valence-corrected chi connectivity index (χ2v) is 5.73. The third kappa shape index (κ3) is 3.38. The van der Waals surface area contributed by atoms with Crippen molar-refractivity contribution in [1.82, 2.24) is 0 Å². The second-order valence-electron chi connectivity index (χ2n) is 2.24. The Hall–Kier alpha value is 0.660. The van der Waals surface area contributed by atoms with Crippen LogP contribution in [-0.4, -0.2) is 16.1 Å². The quantitative estimate of drug-likeness (QED) is 0.403. The molecule has 0 bridgehead atoms. The lowest BCUT2D eigenvalue weighted by Crippen LogP contribution is -2.04. The fraction of sp³-hybridized carbons (Fsp3) is 1.00. The summed E-state index contributed by atoms with van der Waals surface area (Å²) in [5.41, 5.74) is 0. The molecule has 0 radical (unpaired) electrons. The van der Waals surface area contributed by atoms with E-state index in [1.54, 1.807) is 10.8 Å². The van der Waals surface area contributed by atoms with E-state index in [4.69, 9.17) is 0 Å². The summed E-state index contributed by atoms with van der Waals surface area (Å²) in [5, 5.41) is 0. The van der Waals surface area contributed by atoms with Crippen LogP contribution in [0.15, 0.2) is 0 Å². The number of hydrogen-bond donors (Lipinski definition) is 0. The lowest BCUT2D eigenvalue weighted by Gasteiger charge is -2.10. The first-order chi connectivity index (χ1) is 4.39. The average molecular weight is 164 g/mol. The highest BCUT2D eigenvalue weighted by Crippen LogP contribution is 2.20. The molecule has 1 rings (SSSR count). The highest BCUT2D eigenvalue weighted by Gasteiger charge is 2.09. The molecule has 0 spiro atoms. The van der Waals surface area contributed by atoms with Crippen LogP contribution in [-0.2, 0) is 10.2 Å². The minimum absolute atomic E-state index is 0.552. The van der Waals surface area contributed by atoms with Gasteiger partial charge in [0.25, 0.3) is 0 Å². The SMILES string of the molecule is [O-][S+]1CCCCCCS1. The van der Waals surface area contributed by atoms with Gasteiger partial charge in [0.05, 0.1) is 10.8 Å². The van der Waals surface area contributed by atoms with E-state index in [1.807, 2.05) is 0 Å². The van der Waals surface area contributed by atoms with Crippen LogP contribution >= 0.6 is 10.8 Å². The summed E-state index contributed by atoms with van der Waals surface area (Å²) in [6.07, 6.45) is 5.05. The maximum absolute atomic E-state index is 10.9. The summed E-state index contributed by atoms with van der Waals surface area (Å²) in [4.78, 5) is 0. The number of hydrogen-bond acceptors (Lipinski definition) is 2. The van der Waals surface area contributed by atoms with Crippen LogP contribution < -0.4 is 0 Å². The molecular formula is C6H12OS2. The highest BCUT2D eigenvalue weighted by molar-refractivity contribution is 8.72. The molecule has 3 heteroatoms. The van der Waals surface area contributed by atoms with E-state index < -0.39 is 10.2 Å². The molecule has 1 atom stereocenters. The number of rotatable bonds is 0. The smallest absolute Gasteiger partial charge is 0.118 e. The van der Waals surface area contributed by atoms with Crippen LogP contribution in [0.25, 0.3) is 0 Å². The van der Waals surface area contributed by atoms with E-state index in [9.17, 15) is 4.55 Å². The van der Waals surface area contributed by atoms with E-state index in [0.29, 0.717) is 0 Å². The summed E-state index contributed by atoms with van der Waals surface area (Å²) in [7, 11) is 1.07. The van der Waals surface area contributed by atoms with Crippen LogP contribution in [0.3, 0.4) is 0 Å². The summed E-state index contributed by atoms with van der Waals surface area (Å²) in [6, 6.07) is 0. The monoisotopic (exact) mass is 164 g/mol. The van der Waals surface area contributed by atoms with Gasteiger partial charge in [-0.1, -0.05) is 6.42 Å². The van der Waals surface area contributed by atoms with Crippen molar-refractivity contribution >= 4 is 21.0 Å². The molecule has 0 N–H and O–H groups in total. The predicted molar refractivity (Wildman–Crippen MR) is 43.9 cm³/mol. The van der Waals surface area contributed by atoms with Gasteiger partial charge in [-0.2, -0.15) is 0 Å². The Labute approximate surface area is 63.2 Å². The summed E-state index contributed by atoms with van der Waals surface area (Å²) < 4.78 is 10.9. The van der Waals surface area contributed by atoms with Gasteiger partial charge in [-0.15, -0.1) is 0 Å². The van der Waals surface area contributed by atoms with E-state index in [2.05, 4.69) is 0 Å². The van der Waals surface area contributed by atoms with E-state index in [-0.39, 0.29) is 0 Å². The third-order valence-electron chi connectivity index (χ3n) is 1.42. The van der Waals surface area contributed by atoms with E-state index >= 15 is 0 Å². The first-order valence-corrected chi connectivity index (χ1v) is 6.23. The summed E-state index contributed by atoms with van der Waals surface area (Å²) in [5.74, 6) is 2.03. The van der Waals surface area contributed by atoms with Crippen molar-refractivity contribution in [3.63, 3.8) is 0 Å². The van der Waals surface area contributed by atoms with Crippen LogP contribution in [0, 0.1) is 0 Å². The van der Waals surface area contributed by atoms with Crippen molar-refractivity contribution < 1.29 is 4.55 Å². The molecule has 1 heterocycles. The standard InChI is InChI=1S/C6H12OS2/c7-9-6-4-2-1-3-5-8-9/h1-6H2. The molecule has 1 nitrogen and oxygen atoms in total. The molecule has 1 saturated heterocycles. The topological polar surface area (TPSA) is 23.1 Å². The van der Waals surface area contributed by atoms with Crippen LogP contribution in [0.2, 0.25) is 0 Å². The maximum Gasteiger partial charge on any atom is 0.118 e. The summed E-state index contributed by atoms with van der Waals surface area (Å²) >= 11 is 0. The van der Waals surface area contributed by atoms with Gasteiger partial charge >= 0.3 is 0 Å². The van der Waals surface area contributed by atoms with Crippen molar-refractivity contribution in [2.45, 2.75) is 25.7 Å². The Balaban J connectivity index is 2.12. The zero-order valence-electron chi connectivity index (χ0n) is 5.47. The summed E-state index contributed by atoms with van der Waals surface area (Å²) in [6.45, 7) is 0. The molecule has 1 aliphatic heterocycles. The molecule has 0 saturated carbocycles. The van der Waals surface area contributed by atoms with Crippen molar-refractivity contribution in [2.75, 3.05) is 11.5 Å². The van der Waals surface area contributed by atoms with Gasteiger partial charge in [-0.05, 0) is 19.3 Å². The fourth-order valence-electron chi connectivity index (χ4n) is 0.886. The van der Waals surface area contributed by atoms with Gasteiger partial charge in [0.2, 0.25) is 0 Å². The molecule has 1 aliphatic rings. The Morgan fingerprint density at radius 2 is 1.89 bits per heavy atom. The van der Waals surface area contributed by atoms with E-state index in [0.717, 1.165) is 11.5 Å². The van der Waals surface area contributed by atoms with Gasteiger partial charge in [-0.3, -0.25) is 0 Å². The Kier molecular flexibility index (Phi) is 3.86. The molecule has 0 amide bonds. The molecule has 1 unspecified atom stereocenters. The van der Waals surface area contributed by atoms with Crippen LogP contribution in [0.5, 0.6) is 0 Å². The molecule has 9 heavy (non-hydrogen) atoms. The van der Waals surface area contributed by atoms with Crippen molar-refractivity contribution in [3.8, 4) is 0 Å². The third-order valence-corrected chi connectivity index (χ3v) is 4.55. The first-order valence-electron chi connectivity index (χ1n) is 3.41. The molecular weight excluding hydrogens is 152 g/mol. The normalized spacial score (nSPS) is 31.0. The highest BCUT2D eigenvalue weighted by atomic mass is 33.1. The van der Waals surface area contributed by atoms with Crippen molar-refractivity contribution in [2.24, 2.45) is 0 Å². The Morgan fingerprint density at radius 1 is 1.11 bits per heavy atom. The molecule has 0 aliphatic carbocycles. The van der Waals surface area contributed by atoms with E-state index in [1.165, 1.54) is 25.7 Å². The zero-order valence-corrected chi connectivity index (χ0v) is 7.10. The lowest BCUT2D eigenvalue weighted by atomic mass is 10.2. The first kappa shape index (κ1) is 7.76. The molecule has 0 aromatic carbocycles. The average Bonchev–Trinajstić information content (AvgIpc) is 1.79. The Morgan fingerprint density at radius 3 is 2.78 bits per heavy atom. The lowest BCUT2D eigenvalue weighted by molar-refractivity contribution is 0.600. The molecule has 0 aromatic rings.